The van der Waals surface area contributed by atoms with Crippen LogP contribution in [0.2, 0.25) is 0 Å². The van der Waals surface area contributed by atoms with E-state index in [0.29, 0.717) is 12.3 Å². The summed E-state index contributed by atoms with van der Waals surface area (Å²) in [6, 6.07) is 8.14. The summed E-state index contributed by atoms with van der Waals surface area (Å²) < 4.78 is 5.32. The molecule has 0 aliphatic heterocycles. The molecule has 5 nitrogen and oxygen atoms in total. The van der Waals surface area contributed by atoms with E-state index in [1.807, 2.05) is 58.0 Å². The van der Waals surface area contributed by atoms with Gasteiger partial charge in [0.05, 0.1) is 6.04 Å². The van der Waals surface area contributed by atoms with Crippen molar-refractivity contribution in [1.29, 1.82) is 0 Å². The summed E-state index contributed by atoms with van der Waals surface area (Å²) in [6.45, 7) is 7.92. The molecule has 0 heterocycles. The van der Waals surface area contributed by atoms with Crippen molar-refractivity contribution in [2.45, 2.75) is 52.8 Å². The van der Waals surface area contributed by atoms with Crippen molar-refractivity contribution in [1.82, 2.24) is 5.32 Å². The molecule has 0 radical (unpaired) electrons. The van der Waals surface area contributed by atoms with Crippen LogP contribution >= 0.6 is 12.4 Å². The molecule has 0 saturated carbocycles. The number of nitrogens with one attached hydrogen (secondary N) is 1. The fraction of sp³-hybridized carbons (Fsp3) is 0.556. The summed E-state index contributed by atoms with van der Waals surface area (Å²) in [5.41, 5.74) is 6.78. The standard InChI is InChI=1S/C18H28N2O3.ClH/c1-12(2)10-15(19)17(21)20-16(13(3)4)18(22)23-11-14-8-6-5-7-9-14;/h5-9,12-13,15-16H,10-11,19H2,1-4H3,(H,20,21);1H/t15-,16-;/m0./s1. The Morgan fingerprint density at radius 2 is 1.71 bits per heavy atom. The molecule has 1 aromatic carbocycles. The maximum atomic E-state index is 12.3. The van der Waals surface area contributed by atoms with Crippen LogP contribution in [0, 0.1) is 11.8 Å². The lowest BCUT2D eigenvalue weighted by molar-refractivity contribution is -0.150. The van der Waals surface area contributed by atoms with E-state index >= 15 is 0 Å². The lowest BCUT2D eigenvalue weighted by Crippen LogP contribution is -2.51. The van der Waals surface area contributed by atoms with Crippen LogP contribution in [0.4, 0.5) is 0 Å². The van der Waals surface area contributed by atoms with Gasteiger partial charge >= 0.3 is 5.97 Å². The Morgan fingerprint density at radius 1 is 1.12 bits per heavy atom. The van der Waals surface area contributed by atoms with Gasteiger partial charge in [0.2, 0.25) is 5.91 Å². The number of halogens is 1. The van der Waals surface area contributed by atoms with E-state index in [2.05, 4.69) is 5.32 Å². The Kier molecular flexibility index (Phi) is 10.3. The van der Waals surface area contributed by atoms with E-state index in [9.17, 15) is 9.59 Å². The first-order chi connectivity index (χ1) is 10.8. The van der Waals surface area contributed by atoms with Gasteiger partial charge in [-0.3, -0.25) is 4.79 Å². The highest BCUT2D eigenvalue weighted by Crippen LogP contribution is 2.09. The Balaban J connectivity index is 0.00000529. The SMILES string of the molecule is CC(C)C[C@H](N)C(=O)N[C@H](C(=O)OCc1ccccc1)C(C)C.Cl. The second-order valence-corrected chi connectivity index (χ2v) is 6.56. The molecule has 0 aliphatic carbocycles. The molecular formula is C18H29ClN2O3. The number of carbonyl (C=O) groups is 2. The topological polar surface area (TPSA) is 81.4 Å². The van der Waals surface area contributed by atoms with Gasteiger partial charge in [-0.1, -0.05) is 58.0 Å². The average Bonchev–Trinajstić information content (AvgIpc) is 2.50. The molecule has 0 fully saturated rings. The monoisotopic (exact) mass is 356 g/mol. The van der Waals surface area contributed by atoms with Gasteiger partial charge in [0.1, 0.15) is 12.6 Å². The molecule has 1 amide bonds. The summed E-state index contributed by atoms with van der Waals surface area (Å²) in [4.78, 5) is 24.4. The highest BCUT2D eigenvalue weighted by atomic mass is 35.5. The van der Waals surface area contributed by atoms with Gasteiger partial charge < -0.3 is 15.8 Å². The van der Waals surface area contributed by atoms with Crippen molar-refractivity contribution in [2.24, 2.45) is 17.6 Å². The van der Waals surface area contributed by atoms with Crippen molar-refractivity contribution >= 4 is 24.3 Å². The first-order valence-corrected chi connectivity index (χ1v) is 8.07. The molecule has 3 N–H and O–H groups in total. The first-order valence-electron chi connectivity index (χ1n) is 8.07. The minimum atomic E-state index is -0.690. The van der Waals surface area contributed by atoms with Crippen LogP contribution in [0.5, 0.6) is 0 Å². The molecule has 6 heteroatoms. The second kappa shape index (κ2) is 11.0. The molecule has 0 saturated heterocycles. The smallest absolute Gasteiger partial charge is 0.329 e. The zero-order chi connectivity index (χ0) is 17.4. The zero-order valence-corrected chi connectivity index (χ0v) is 15.6. The third-order valence-electron chi connectivity index (χ3n) is 3.50. The third kappa shape index (κ3) is 7.79. The van der Waals surface area contributed by atoms with Crippen molar-refractivity contribution in [3.63, 3.8) is 0 Å². The fourth-order valence-corrected chi connectivity index (χ4v) is 2.19. The lowest BCUT2D eigenvalue weighted by Gasteiger charge is -2.23. The van der Waals surface area contributed by atoms with Gasteiger partial charge in [0.25, 0.3) is 0 Å². The number of rotatable bonds is 8. The molecule has 0 aromatic heterocycles. The van der Waals surface area contributed by atoms with Crippen molar-refractivity contribution in [3.05, 3.63) is 35.9 Å². The number of amides is 1. The van der Waals surface area contributed by atoms with Crippen LogP contribution in [0.25, 0.3) is 0 Å². The number of carbonyl (C=O) groups excluding carboxylic acids is 2. The van der Waals surface area contributed by atoms with Crippen LogP contribution in [0.1, 0.15) is 39.7 Å². The van der Waals surface area contributed by atoms with E-state index in [-0.39, 0.29) is 30.8 Å². The summed E-state index contributed by atoms with van der Waals surface area (Å²) in [5.74, 6) is -0.505. The van der Waals surface area contributed by atoms with Crippen molar-refractivity contribution in [3.8, 4) is 0 Å². The van der Waals surface area contributed by atoms with E-state index in [1.54, 1.807) is 0 Å². The van der Waals surface area contributed by atoms with Gasteiger partial charge in [0.15, 0.2) is 0 Å². The Labute approximate surface area is 150 Å². The normalized spacial score (nSPS) is 13.1. The maximum Gasteiger partial charge on any atom is 0.329 e. The predicted octanol–water partition coefficient (Wildman–Crippen LogP) is 2.67. The summed E-state index contributed by atoms with van der Waals surface area (Å²) in [6.07, 6.45) is 0.579. The number of esters is 1. The Morgan fingerprint density at radius 3 is 2.21 bits per heavy atom. The van der Waals surface area contributed by atoms with Gasteiger partial charge in [-0.25, -0.2) is 4.79 Å². The van der Waals surface area contributed by atoms with Crippen LogP contribution in [-0.4, -0.2) is 24.0 Å². The van der Waals surface area contributed by atoms with E-state index in [0.717, 1.165) is 5.56 Å². The first kappa shape index (κ1) is 22.4. The second-order valence-electron chi connectivity index (χ2n) is 6.56. The van der Waals surface area contributed by atoms with Crippen molar-refractivity contribution in [2.75, 3.05) is 0 Å². The zero-order valence-electron chi connectivity index (χ0n) is 14.8. The van der Waals surface area contributed by atoms with Gasteiger partial charge in [-0.05, 0) is 23.8 Å². The molecule has 2 atom stereocenters. The van der Waals surface area contributed by atoms with Crippen LogP contribution in [-0.2, 0) is 20.9 Å². The Hall–Kier alpha value is -1.59. The molecule has 0 aliphatic rings. The third-order valence-corrected chi connectivity index (χ3v) is 3.50. The van der Waals surface area contributed by atoms with Crippen LogP contribution in [0.15, 0.2) is 30.3 Å². The summed E-state index contributed by atoms with van der Waals surface area (Å²) >= 11 is 0. The predicted molar refractivity (Wildman–Crippen MR) is 97.7 cm³/mol. The summed E-state index contributed by atoms with van der Waals surface area (Å²) in [5, 5.41) is 2.72. The Bertz CT molecular complexity index is 506. The lowest BCUT2D eigenvalue weighted by atomic mass is 10.0. The van der Waals surface area contributed by atoms with Gasteiger partial charge in [-0.2, -0.15) is 0 Å². The number of ether oxygens (including phenoxy) is 1. The molecule has 1 rings (SSSR count). The molecule has 0 unspecified atom stereocenters. The van der Waals surface area contributed by atoms with Crippen LogP contribution < -0.4 is 11.1 Å². The van der Waals surface area contributed by atoms with E-state index in [4.69, 9.17) is 10.5 Å². The van der Waals surface area contributed by atoms with E-state index < -0.39 is 18.1 Å². The van der Waals surface area contributed by atoms with Gasteiger partial charge in [-0.15, -0.1) is 12.4 Å². The minimum Gasteiger partial charge on any atom is -0.459 e. The number of hydrogen-bond acceptors (Lipinski definition) is 4. The fourth-order valence-electron chi connectivity index (χ4n) is 2.19. The largest absolute Gasteiger partial charge is 0.459 e. The molecule has 24 heavy (non-hydrogen) atoms. The number of nitrogens with two attached hydrogens (primary N) is 1. The maximum absolute atomic E-state index is 12.3. The molecular weight excluding hydrogens is 328 g/mol. The molecule has 0 spiro atoms. The van der Waals surface area contributed by atoms with E-state index in [1.165, 1.54) is 0 Å². The molecule has 136 valence electrons. The highest BCUT2D eigenvalue weighted by molar-refractivity contribution is 5.87. The van der Waals surface area contributed by atoms with Gasteiger partial charge in [0, 0.05) is 0 Å². The molecule has 0 bridgehead atoms. The average molecular weight is 357 g/mol. The summed E-state index contributed by atoms with van der Waals surface area (Å²) in [7, 11) is 0. The van der Waals surface area contributed by atoms with Crippen molar-refractivity contribution < 1.29 is 14.3 Å². The quantitative estimate of drug-likeness (QED) is 0.701. The highest BCUT2D eigenvalue weighted by Gasteiger charge is 2.27. The minimum absolute atomic E-state index is 0. The number of hydrogen-bond donors (Lipinski definition) is 2. The number of benzene rings is 1. The van der Waals surface area contributed by atoms with Crippen LogP contribution in [0.3, 0.4) is 0 Å². The molecule has 1 aromatic rings.